The average molecular weight is 256 g/mol. The quantitative estimate of drug-likeness (QED) is 0.833. The summed E-state index contributed by atoms with van der Waals surface area (Å²) in [5, 5.41) is 3.34. The largest absolute Gasteiger partial charge is 0.371 e. The molecule has 14 heavy (non-hydrogen) atoms. The molecule has 0 saturated carbocycles. The van der Waals surface area contributed by atoms with Crippen molar-refractivity contribution in [3.63, 3.8) is 0 Å². The third-order valence-electron chi connectivity index (χ3n) is 2.58. The third kappa shape index (κ3) is 2.00. The predicted octanol–water partition coefficient (Wildman–Crippen LogP) is 2.42. The summed E-state index contributed by atoms with van der Waals surface area (Å²) in [5.74, 6) is 0. The molecule has 0 spiro atoms. The van der Waals surface area contributed by atoms with E-state index in [1.54, 1.807) is 0 Å². The Bertz CT molecular complexity index is 321. The van der Waals surface area contributed by atoms with E-state index in [1.165, 1.54) is 11.1 Å². The zero-order valence-electron chi connectivity index (χ0n) is 8.22. The van der Waals surface area contributed by atoms with E-state index < -0.39 is 0 Å². The minimum atomic E-state index is 0.209. The lowest BCUT2D eigenvalue weighted by Gasteiger charge is -2.25. The van der Waals surface area contributed by atoms with Gasteiger partial charge in [0, 0.05) is 17.6 Å². The van der Waals surface area contributed by atoms with Gasteiger partial charge in [0.1, 0.15) is 0 Å². The minimum absolute atomic E-state index is 0.209. The van der Waals surface area contributed by atoms with Crippen LogP contribution in [-0.2, 0) is 4.74 Å². The molecule has 1 unspecified atom stereocenters. The smallest absolute Gasteiger partial charge is 0.0952 e. The van der Waals surface area contributed by atoms with E-state index in [-0.39, 0.29) is 6.10 Å². The standard InChI is InChI=1S/C11H14BrNO/c1-8-9(3-2-4-10(8)12)11-7-13-5-6-14-11/h2-4,11,13H,5-7H2,1H3. The van der Waals surface area contributed by atoms with Crippen LogP contribution in [0, 0.1) is 6.92 Å². The molecule has 1 aromatic rings. The SMILES string of the molecule is Cc1c(Br)cccc1C1CNCCO1. The average Bonchev–Trinajstić information content (AvgIpc) is 2.23. The highest BCUT2D eigenvalue weighted by Gasteiger charge is 2.17. The van der Waals surface area contributed by atoms with Crippen LogP contribution in [0.25, 0.3) is 0 Å². The number of hydrogen-bond acceptors (Lipinski definition) is 2. The van der Waals surface area contributed by atoms with E-state index in [9.17, 15) is 0 Å². The van der Waals surface area contributed by atoms with Gasteiger partial charge in [0.25, 0.3) is 0 Å². The van der Waals surface area contributed by atoms with Crippen molar-refractivity contribution < 1.29 is 4.74 Å². The number of rotatable bonds is 1. The summed E-state index contributed by atoms with van der Waals surface area (Å²) >= 11 is 3.54. The maximum atomic E-state index is 5.72. The van der Waals surface area contributed by atoms with Crippen molar-refractivity contribution in [1.82, 2.24) is 5.32 Å². The summed E-state index contributed by atoms with van der Waals surface area (Å²) in [6, 6.07) is 6.26. The van der Waals surface area contributed by atoms with Gasteiger partial charge in [-0.3, -0.25) is 0 Å². The highest BCUT2D eigenvalue weighted by Crippen LogP contribution is 2.27. The lowest BCUT2D eigenvalue weighted by molar-refractivity contribution is 0.0273. The molecular formula is C11H14BrNO. The molecule has 1 aliphatic heterocycles. The van der Waals surface area contributed by atoms with E-state index in [0.717, 1.165) is 24.2 Å². The molecule has 2 nitrogen and oxygen atoms in total. The number of ether oxygens (including phenoxy) is 1. The van der Waals surface area contributed by atoms with Crippen LogP contribution >= 0.6 is 15.9 Å². The van der Waals surface area contributed by atoms with Gasteiger partial charge in [-0.25, -0.2) is 0 Å². The van der Waals surface area contributed by atoms with Crippen LogP contribution in [0.3, 0.4) is 0 Å². The first kappa shape index (κ1) is 10.1. The van der Waals surface area contributed by atoms with Gasteiger partial charge < -0.3 is 10.1 Å². The van der Waals surface area contributed by atoms with Crippen molar-refractivity contribution in [2.24, 2.45) is 0 Å². The summed E-state index contributed by atoms with van der Waals surface area (Å²) in [6.45, 7) is 4.80. The Labute approximate surface area is 92.8 Å². The Kier molecular flexibility index (Phi) is 3.21. The zero-order valence-corrected chi connectivity index (χ0v) is 9.80. The van der Waals surface area contributed by atoms with Gasteiger partial charge in [0.2, 0.25) is 0 Å². The number of hydrogen-bond donors (Lipinski definition) is 1. The van der Waals surface area contributed by atoms with Crippen molar-refractivity contribution in [1.29, 1.82) is 0 Å². The molecule has 3 heteroatoms. The van der Waals surface area contributed by atoms with Gasteiger partial charge in [-0.2, -0.15) is 0 Å². The van der Waals surface area contributed by atoms with Gasteiger partial charge in [0.05, 0.1) is 12.7 Å². The number of benzene rings is 1. The Morgan fingerprint density at radius 2 is 2.36 bits per heavy atom. The first-order chi connectivity index (χ1) is 6.79. The zero-order chi connectivity index (χ0) is 9.97. The summed E-state index contributed by atoms with van der Waals surface area (Å²) in [6.07, 6.45) is 0.209. The molecule has 1 aliphatic rings. The second kappa shape index (κ2) is 4.43. The highest BCUT2D eigenvalue weighted by molar-refractivity contribution is 9.10. The first-order valence-corrected chi connectivity index (χ1v) is 5.65. The Morgan fingerprint density at radius 1 is 1.50 bits per heavy atom. The summed E-state index contributed by atoms with van der Waals surface area (Å²) in [5.41, 5.74) is 2.56. The highest BCUT2D eigenvalue weighted by atomic mass is 79.9. The Morgan fingerprint density at radius 3 is 3.07 bits per heavy atom. The van der Waals surface area contributed by atoms with Crippen LogP contribution in [0.5, 0.6) is 0 Å². The van der Waals surface area contributed by atoms with E-state index in [2.05, 4.69) is 46.4 Å². The molecule has 0 aliphatic carbocycles. The van der Waals surface area contributed by atoms with Crippen LogP contribution in [0.15, 0.2) is 22.7 Å². The van der Waals surface area contributed by atoms with Gasteiger partial charge in [0.15, 0.2) is 0 Å². The van der Waals surface area contributed by atoms with Crippen LogP contribution in [0.2, 0.25) is 0 Å². The molecule has 0 amide bonds. The Hall–Kier alpha value is -0.380. The number of halogens is 1. The topological polar surface area (TPSA) is 21.3 Å². The van der Waals surface area contributed by atoms with Crippen molar-refractivity contribution in [3.05, 3.63) is 33.8 Å². The monoisotopic (exact) mass is 255 g/mol. The lowest BCUT2D eigenvalue weighted by atomic mass is 10.0. The molecule has 1 atom stereocenters. The molecule has 2 rings (SSSR count). The van der Waals surface area contributed by atoms with E-state index in [4.69, 9.17) is 4.74 Å². The second-order valence-electron chi connectivity index (χ2n) is 3.52. The maximum absolute atomic E-state index is 5.72. The van der Waals surface area contributed by atoms with E-state index >= 15 is 0 Å². The molecule has 1 N–H and O–H groups in total. The molecule has 1 heterocycles. The Balaban J connectivity index is 2.26. The van der Waals surface area contributed by atoms with Gasteiger partial charge in [-0.15, -0.1) is 0 Å². The minimum Gasteiger partial charge on any atom is -0.371 e. The molecule has 0 bridgehead atoms. The van der Waals surface area contributed by atoms with Crippen molar-refractivity contribution in [2.75, 3.05) is 19.7 Å². The molecular weight excluding hydrogens is 242 g/mol. The molecule has 0 radical (unpaired) electrons. The third-order valence-corrected chi connectivity index (χ3v) is 3.44. The van der Waals surface area contributed by atoms with E-state index in [1.807, 2.05) is 0 Å². The van der Waals surface area contributed by atoms with Gasteiger partial charge in [-0.1, -0.05) is 28.1 Å². The molecule has 1 saturated heterocycles. The van der Waals surface area contributed by atoms with Crippen LogP contribution in [0.4, 0.5) is 0 Å². The predicted molar refractivity (Wildman–Crippen MR) is 60.4 cm³/mol. The second-order valence-corrected chi connectivity index (χ2v) is 4.37. The summed E-state index contributed by atoms with van der Waals surface area (Å²) < 4.78 is 6.87. The van der Waals surface area contributed by atoms with Crippen molar-refractivity contribution in [3.8, 4) is 0 Å². The van der Waals surface area contributed by atoms with Crippen LogP contribution in [-0.4, -0.2) is 19.7 Å². The van der Waals surface area contributed by atoms with Crippen LogP contribution < -0.4 is 5.32 Å². The summed E-state index contributed by atoms with van der Waals surface area (Å²) in [7, 11) is 0. The van der Waals surface area contributed by atoms with Crippen LogP contribution in [0.1, 0.15) is 17.2 Å². The van der Waals surface area contributed by atoms with E-state index in [0.29, 0.717) is 0 Å². The first-order valence-electron chi connectivity index (χ1n) is 4.86. The fraction of sp³-hybridized carbons (Fsp3) is 0.455. The maximum Gasteiger partial charge on any atom is 0.0952 e. The number of nitrogens with one attached hydrogen (secondary N) is 1. The molecule has 1 fully saturated rings. The molecule has 76 valence electrons. The van der Waals surface area contributed by atoms with Crippen molar-refractivity contribution in [2.45, 2.75) is 13.0 Å². The fourth-order valence-corrected chi connectivity index (χ4v) is 2.12. The summed E-state index contributed by atoms with van der Waals surface area (Å²) in [4.78, 5) is 0. The fourth-order valence-electron chi connectivity index (χ4n) is 1.74. The number of morpholine rings is 1. The lowest BCUT2D eigenvalue weighted by Crippen LogP contribution is -2.33. The van der Waals surface area contributed by atoms with Crippen molar-refractivity contribution >= 4 is 15.9 Å². The van der Waals surface area contributed by atoms with Gasteiger partial charge in [-0.05, 0) is 24.1 Å². The van der Waals surface area contributed by atoms with Gasteiger partial charge >= 0.3 is 0 Å². The molecule has 0 aromatic heterocycles. The molecule has 1 aromatic carbocycles. The normalized spacial score (nSPS) is 22.3.